The van der Waals surface area contributed by atoms with Crippen molar-refractivity contribution >= 4 is 0 Å². The Hall–Kier alpha value is -1.61. The molecule has 17 heavy (non-hydrogen) atoms. The van der Waals surface area contributed by atoms with Crippen molar-refractivity contribution in [3.05, 3.63) is 52.8 Å². The van der Waals surface area contributed by atoms with E-state index >= 15 is 0 Å². The standard InChI is InChI=1S/C14H16N2O/c17-14(13-8-15-16-9-13)12-6-5-10-3-1-2-4-11(10)7-12/h5-9,14,17H,1-4H2,(H,15,16). The average molecular weight is 228 g/mol. The number of nitrogens with one attached hydrogen (secondary N) is 1. The minimum absolute atomic E-state index is 0.569. The van der Waals surface area contributed by atoms with E-state index in [2.05, 4.69) is 22.3 Å². The van der Waals surface area contributed by atoms with Gasteiger partial charge in [0.1, 0.15) is 6.10 Å². The van der Waals surface area contributed by atoms with E-state index in [9.17, 15) is 5.11 Å². The Morgan fingerprint density at radius 3 is 2.71 bits per heavy atom. The highest BCUT2D eigenvalue weighted by molar-refractivity contribution is 5.37. The Morgan fingerprint density at radius 2 is 1.94 bits per heavy atom. The number of nitrogens with zero attached hydrogens (tertiary/aromatic N) is 1. The van der Waals surface area contributed by atoms with Gasteiger partial charge in [0, 0.05) is 11.8 Å². The topological polar surface area (TPSA) is 48.9 Å². The van der Waals surface area contributed by atoms with Crippen molar-refractivity contribution in [2.45, 2.75) is 31.8 Å². The van der Waals surface area contributed by atoms with Gasteiger partial charge in [0.15, 0.2) is 0 Å². The van der Waals surface area contributed by atoms with Crippen LogP contribution in [0.2, 0.25) is 0 Å². The maximum absolute atomic E-state index is 10.2. The molecule has 0 aliphatic heterocycles. The molecule has 0 saturated carbocycles. The van der Waals surface area contributed by atoms with Gasteiger partial charge in [-0.15, -0.1) is 0 Å². The van der Waals surface area contributed by atoms with Crippen molar-refractivity contribution < 1.29 is 5.11 Å². The third-order valence-electron chi connectivity index (χ3n) is 3.52. The van der Waals surface area contributed by atoms with Crippen molar-refractivity contribution in [3.63, 3.8) is 0 Å². The van der Waals surface area contributed by atoms with E-state index in [4.69, 9.17) is 0 Å². The second-order valence-corrected chi connectivity index (χ2v) is 4.67. The van der Waals surface area contributed by atoms with E-state index in [0.717, 1.165) is 17.5 Å². The van der Waals surface area contributed by atoms with Crippen LogP contribution >= 0.6 is 0 Å². The molecule has 3 rings (SSSR count). The molecular formula is C14H16N2O. The summed E-state index contributed by atoms with van der Waals surface area (Å²) < 4.78 is 0. The summed E-state index contributed by atoms with van der Waals surface area (Å²) in [4.78, 5) is 0. The van der Waals surface area contributed by atoms with Crippen LogP contribution in [0.25, 0.3) is 0 Å². The minimum atomic E-state index is -0.569. The molecule has 0 fully saturated rings. The first-order valence-electron chi connectivity index (χ1n) is 6.13. The van der Waals surface area contributed by atoms with Crippen LogP contribution in [0.15, 0.2) is 30.6 Å². The lowest BCUT2D eigenvalue weighted by Gasteiger charge is -2.18. The van der Waals surface area contributed by atoms with Gasteiger partial charge in [0.2, 0.25) is 0 Å². The highest BCUT2D eigenvalue weighted by Gasteiger charge is 2.15. The first-order valence-corrected chi connectivity index (χ1v) is 6.13. The van der Waals surface area contributed by atoms with E-state index in [1.165, 1.54) is 30.4 Å². The van der Waals surface area contributed by atoms with Gasteiger partial charge in [0.05, 0.1) is 6.20 Å². The fourth-order valence-electron chi connectivity index (χ4n) is 2.53. The number of hydrogen-bond acceptors (Lipinski definition) is 2. The predicted octanol–water partition coefficient (Wildman–Crippen LogP) is 2.37. The first kappa shape index (κ1) is 10.5. The highest BCUT2D eigenvalue weighted by atomic mass is 16.3. The zero-order valence-corrected chi connectivity index (χ0v) is 9.69. The minimum Gasteiger partial charge on any atom is -0.384 e. The lowest BCUT2D eigenvalue weighted by atomic mass is 9.89. The number of benzene rings is 1. The molecule has 1 aromatic carbocycles. The Balaban J connectivity index is 1.93. The Labute approximate surface area is 100 Å². The molecule has 2 N–H and O–H groups in total. The van der Waals surface area contributed by atoms with E-state index in [-0.39, 0.29) is 0 Å². The van der Waals surface area contributed by atoms with Crippen LogP contribution < -0.4 is 0 Å². The number of aromatic nitrogens is 2. The van der Waals surface area contributed by atoms with Crippen LogP contribution in [0.3, 0.4) is 0 Å². The zero-order valence-electron chi connectivity index (χ0n) is 9.69. The Bertz CT molecular complexity index is 505. The SMILES string of the molecule is OC(c1cn[nH]c1)c1ccc2c(c1)CCCC2. The number of hydrogen-bond donors (Lipinski definition) is 2. The van der Waals surface area contributed by atoms with Crippen LogP contribution in [0.4, 0.5) is 0 Å². The summed E-state index contributed by atoms with van der Waals surface area (Å²) in [6, 6.07) is 6.33. The second kappa shape index (κ2) is 4.34. The van der Waals surface area contributed by atoms with Crippen molar-refractivity contribution in [2.24, 2.45) is 0 Å². The fraction of sp³-hybridized carbons (Fsp3) is 0.357. The lowest BCUT2D eigenvalue weighted by molar-refractivity contribution is 0.220. The highest BCUT2D eigenvalue weighted by Crippen LogP contribution is 2.27. The van der Waals surface area contributed by atoms with Crippen LogP contribution in [-0.2, 0) is 12.8 Å². The Morgan fingerprint density at radius 1 is 1.12 bits per heavy atom. The van der Waals surface area contributed by atoms with Crippen LogP contribution in [0.1, 0.15) is 41.2 Å². The van der Waals surface area contributed by atoms with Gasteiger partial charge in [0.25, 0.3) is 0 Å². The Kier molecular flexibility index (Phi) is 2.69. The molecule has 3 nitrogen and oxygen atoms in total. The molecule has 0 bridgehead atoms. The van der Waals surface area contributed by atoms with E-state index in [1.54, 1.807) is 12.4 Å². The molecule has 3 heteroatoms. The molecule has 0 spiro atoms. The number of aromatic amines is 1. The predicted molar refractivity (Wildman–Crippen MR) is 65.7 cm³/mol. The van der Waals surface area contributed by atoms with Gasteiger partial charge < -0.3 is 5.11 Å². The quantitative estimate of drug-likeness (QED) is 0.829. The van der Waals surface area contributed by atoms with Crippen LogP contribution in [0.5, 0.6) is 0 Å². The molecular weight excluding hydrogens is 212 g/mol. The molecule has 1 atom stereocenters. The van der Waals surface area contributed by atoms with E-state index < -0.39 is 6.10 Å². The van der Waals surface area contributed by atoms with Gasteiger partial charge in [-0.2, -0.15) is 5.10 Å². The number of rotatable bonds is 2. The summed E-state index contributed by atoms with van der Waals surface area (Å²) in [5.74, 6) is 0. The van der Waals surface area contributed by atoms with Crippen molar-refractivity contribution in [1.29, 1.82) is 0 Å². The number of H-pyrrole nitrogens is 1. The van der Waals surface area contributed by atoms with Gasteiger partial charge in [-0.25, -0.2) is 0 Å². The number of aryl methyl sites for hydroxylation is 2. The van der Waals surface area contributed by atoms with Gasteiger partial charge in [-0.05, 0) is 42.4 Å². The van der Waals surface area contributed by atoms with E-state index in [1.807, 2.05) is 6.07 Å². The van der Waals surface area contributed by atoms with Gasteiger partial charge in [-0.1, -0.05) is 18.2 Å². The number of aliphatic hydroxyl groups excluding tert-OH is 1. The molecule has 88 valence electrons. The van der Waals surface area contributed by atoms with E-state index in [0.29, 0.717) is 0 Å². The smallest absolute Gasteiger partial charge is 0.107 e. The molecule has 0 radical (unpaired) electrons. The van der Waals surface area contributed by atoms with Gasteiger partial charge in [-0.3, -0.25) is 5.10 Å². The maximum atomic E-state index is 10.2. The molecule has 1 aliphatic rings. The summed E-state index contributed by atoms with van der Waals surface area (Å²) in [5.41, 5.74) is 4.63. The summed E-state index contributed by atoms with van der Waals surface area (Å²) in [6.45, 7) is 0. The number of fused-ring (bicyclic) bond motifs is 1. The van der Waals surface area contributed by atoms with Crippen molar-refractivity contribution in [1.82, 2.24) is 10.2 Å². The molecule has 1 aromatic heterocycles. The first-order chi connectivity index (χ1) is 8.34. The van der Waals surface area contributed by atoms with Crippen LogP contribution in [0, 0.1) is 0 Å². The summed E-state index contributed by atoms with van der Waals surface area (Å²) in [7, 11) is 0. The summed E-state index contributed by atoms with van der Waals surface area (Å²) in [5, 5.41) is 16.8. The average Bonchev–Trinajstić information content (AvgIpc) is 2.91. The maximum Gasteiger partial charge on any atom is 0.107 e. The van der Waals surface area contributed by atoms with Crippen molar-refractivity contribution in [2.75, 3.05) is 0 Å². The second-order valence-electron chi connectivity index (χ2n) is 4.67. The zero-order chi connectivity index (χ0) is 11.7. The third-order valence-corrected chi connectivity index (χ3v) is 3.52. The lowest BCUT2D eigenvalue weighted by Crippen LogP contribution is -2.05. The molecule has 1 unspecified atom stereocenters. The van der Waals surface area contributed by atoms with Crippen LogP contribution in [-0.4, -0.2) is 15.3 Å². The molecule has 0 amide bonds. The summed E-state index contributed by atoms with van der Waals surface area (Å²) >= 11 is 0. The monoisotopic (exact) mass is 228 g/mol. The van der Waals surface area contributed by atoms with Crippen molar-refractivity contribution in [3.8, 4) is 0 Å². The molecule has 0 saturated heterocycles. The molecule has 1 aliphatic carbocycles. The molecule has 2 aromatic rings. The fourth-order valence-corrected chi connectivity index (χ4v) is 2.53. The van der Waals surface area contributed by atoms with Gasteiger partial charge >= 0.3 is 0 Å². The largest absolute Gasteiger partial charge is 0.384 e. The number of aliphatic hydroxyl groups is 1. The normalized spacial score (nSPS) is 16.5. The third kappa shape index (κ3) is 1.98. The summed E-state index contributed by atoms with van der Waals surface area (Å²) in [6.07, 6.45) is 7.71. The molecule has 1 heterocycles.